The highest BCUT2D eigenvalue weighted by Crippen LogP contribution is 2.27. The number of ketones is 1. The largest absolute Gasteiger partial charge is 0.493 e. The maximum atomic E-state index is 12.5. The average Bonchev–Trinajstić information content (AvgIpc) is 2.85. The van der Waals surface area contributed by atoms with Crippen LogP contribution in [0, 0.1) is 0 Å². The lowest BCUT2D eigenvalue weighted by Crippen LogP contribution is -2.32. The zero-order valence-corrected chi connectivity index (χ0v) is 20.3. The number of carbonyl (C=O) groups excluding carboxylic acids is 3. The molecule has 1 amide bonds. The summed E-state index contributed by atoms with van der Waals surface area (Å²) in [5, 5.41) is 2.38. The molecule has 184 valence electrons. The monoisotopic (exact) mass is 492 g/mol. The van der Waals surface area contributed by atoms with Gasteiger partial charge in [0.05, 0.1) is 19.1 Å². The van der Waals surface area contributed by atoms with Crippen molar-refractivity contribution in [3.05, 3.63) is 53.6 Å². The van der Waals surface area contributed by atoms with Gasteiger partial charge in [-0.05, 0) is 42.5 Å². The average molecular weight is 493 g/mol. The van der Waals surface area contributed by atoms with E-state index >= 15 is 0 Å². The summed E-state index contributed by atoms with van der Waals surface area (Å²) in [6.45, 7) is 3.17. The van der Waals surface area contributed by atoms with Crippen LogP contribution in [0.5, 0.6) is 11.5 Å². The molecule has 0 bridgehead atoms. The number of nitrogens with one attached hydrogen (secondary N) is 1. The zero-order chi connectivity index (χ0) is 25.3. The van der Waals surface area contributed by atoms with E-state index in [1.54, 1.807) is 19.9 Å². The predicted molar refractivity (Wildman–Crippen MR) is 124 cm³/mol. The van der Waals surface area contributed by atoms with E-state index in [0.717, 1.165) is 0 Å². The zero-order valence-electron chi connectivity index (χ0n) is 19.5. The van der Waals surface area contributed by atoms with E-state index in [1.807, 2.05) is 0 Å². The number of methoxy groups -OCH3 is 2. The van der Waals surface area contributed by atoms with Crippen LogP contribution in [-0.2, 0) is 19.6 Å². The van der Waals surface area contributed by atoms with Gasteiger partial charge >= 0.3 is 5.97 Å². The molecule has 10 nitrogen and oxygen atoms in total. The van der Waals surface area contributed by atoms with Gasteiger partial charge in [-0.15, -0.1) is 0 Å². The molecule has 2 rings (SSSR count). The van der Waals surface area contributed by atoms with Crippen molar-refractivity contribution in [1.82, 2.24) is 9.62 Å². The van der Waals surface area contributed by atoms with E-state index in [9.17, 15) is 22.8 Å². The van der Waals surface area contributed by atoms with Gasteiger partial charge in [-0.25, -0.2) is 8.42 Å². The van der Waals surface area contributed by atoms with Crippen LogP contribution in [-0.4, -0.2) is 70.8 Å². The molecule has 0 atom stereocenters. The summed E-state index contributed by atoms with van der Waals surface area (Å²) < 4.78 is 41.5. The lowest BCUT2D eigenvalue weighted by atomic mass is 10.1. The van der Waals surface area contributed by atoms with Crippen molar-refractivity contribution in [1.29, 1.82) is 0 Å². The minimum atomic E-state index is -3.64. The van der Waals surface area contributed by atoms with Crippen molar-refractivity contribution in [2.75, 3.05) is 40.5 Å². The van der Waals surface area contributed by atoms with Gasteiger partial charge in [-0.3, -0.25) is 14.4 Å². The van der Waals surface area contributed by atoms with Crippen molar-refractivity contribution >= 4 is 27.7 Å². The molecule has 0 aliphatic heterocycles. The fourth-order valence-corrected chi connectivity index (χ4v) is 4.49. The standard InChI is InChI=1S/C23H28N2O8S/c1-5-25(6-2)34(29,30)18-10-7-16(8-11-18)23(28)24-14-22(27)33-15-19(26)17-9-12-20(31-3)21(13-17)32-4/h7-13H,5-6,14-15H2,1-4H3,(H,24,28). The Labute approximate surface area is 198 Å². The van der Waals surface area contributed by atoms with Gasteiger partial charge in [0.15, 0.2) is 23.9 Å². The first kappa shape index (κ1) is 26.8. The maximum Gasteiger partial charge on any atom is 0.325 e. The van der Waals surface area contributed by atoms with Gasteiger partial charge in [0.25, 0.3) is 5.91 Å². The number of hydrogen-bond acceptors (Lipinski definition) is 8. The molecule has 0 saturated carbocycles. The van der Waals surface area contributed by atoms with Gasteiger partial charge in [0.1, 0.15) is 6.54 Å². The highest BCUT2D eigenvalue weighted by Gasteiger charge is 2.22. The van der Waals surface area contributed by atoms with E-state index < -0.39 is 40.8 Å². The SMILES string of the molecule is CCN(CC)S(=O)(=O)c1ccc(C(=O)NCC(=O)OCC(=O)c2ccc(OC)c(OC)c2)cc1. The van der Waals surface area contributed by atoms with E-state index in [-0.39, 0.29) is 16.0 Å². The number of hydrogen-bond donors (Lipinski definition) is 1. The molecule has 34 heavy (non-hydrogen) atoms. The van der Waals surface area contributed by atoms with Crippen molar-refractivity contribution in [3.63, 3.8) is 0 Å². The Kier molecular flexibility index (Phi) is 9.58. The van der Waals surface area contributed by atoms with Crippen molar-refractivity contribution in [3.8, 4) is 11.5 Å². The first-order chi connectivity index (χ1) is 16.2. The Bertz CT molecular complexity index is 1130. The lowest BCUT2D eigenvalue weighted by molar-refractivity contribution is -0.141. The summed E-state index contributed by atoms with van der Waals surface area (Å²) in [5.41, 5.74) is 0.446. The molecule has 0 saturated heterocycles. The second-order valence-electron chi connectivity index (χ2n) is 6.95. The van der Waals surface area contributed by atoms with Crippen molar-refractivity contribution < 1.29 is 37.0 Å². The number of benzene rings is 2. The van der Waals surface area contributed by atoms with Crippen LogP contribution < -0.4 is 14.8 Å². The summed E-state index contributed by atoms with van der Waals surface area (Å²) in [7, 11) is -0.729. The molecule has 2 aromatic carbocycles. The van der Waals surface area contributed by atoms with Gasteiger partial charge in [-0.2, -0.15) is 4.31 Å². The summed E-state index contributed by atoms with van der Waals surface area (Å²) in [6.07, 6.45) is 0. The van der Waals surface area contributed by atoms with Gasteiger partial charge in [0, 0.05) is 24.2 Å². The van der Waals surface area contributed by atoms with Crippen LogP contribution in [0.2, 0.25) is 0 Å². The second-order valence-corrected chi connectivity index (χ2v) is 8.89. The molecule has 0 aromatic heterocycles. The van der Waals surface area contributed by atoms with Crippen LogP contribution in [0.25, 0.3) is 0 Å². The second kappa shape index (κ2) is 12.1. The highest BCUT2D eigenvalue weighted by atomic mass is 32.2. The van der Waals surface area contributed by atoms with Crippen molar-refractivity contribution in [2.24, 2.45) is 0 Å². The number of ether oxygens (including phenoxy) is 3. The summed E-state index contributed by atoms with van der Waals surface area (Å²) >= 11 is 0. The van der Waals surface area contributed by atoms with Crippen LogP contribution in [0.3, 0.4) is 0 Å². The van der Waals surface area contributed by atoms with Gasteiger partial charge in [-0.1, -0.05) is 13.8 Å². The Balaban J connectivity index is 1.89. The quantitative estimate of drug-likeness (QED) is 0.351. The summed E-state index contributed by atoms with van der Waals surface area (Å²) in [6, 6.07) is 9.94. The number of sulfonamides is 1. The Morgan fingerprint density at radius 2 is 1.47 bits per heavy atom. The molecule has 0 unspecified atom stereocenters. The third-order valence-electron chi connectivity index (χ3n) is 4.92. The molecule has 0 fully saturated rings. The van der Waals surface area contributed by atoms with Crippen molar-refractivity contribution in [2.45, 2.75) is 18.7 Å². The molecule has 0 aliphatic carbocycles. The molecule has 2 aromatic rings. The number of nitrogens with zero attached hydrogens (tertiary/aromatic N) is 1. The van der Waals surface area contributed by atoms with E-state index in [1.165, 1.54) is 54.9 Å². The Morgan fingerprint density at radius 1 is 0.882 bits per heavy atom. The fourth-order valence-electron chi connectivity index (χ4n) is 3.04. The minimum Gasteiger partial charge on any atom is -0.493 e. The van der Waals surface area contributed by atoms with Gasteiger partial charge < -0.3 is 19.5 Å². The first-order valence-corrected chi connectivity index (χ1v) is 11.9. The maximum absolute atomic E-state index is 12.5. The topological polar surface area (TPSA) is 128 Å². The number of rotatable bonds is 12. The molecular weight excluding hydrogens is 464 g/mol. The summed E-state index contributed by atoms with van der Waals surface area (Å²) in [5.74, 6) is -1.02. The Morgan fingerprint density at radius 3 is 2.03 bits per heavy atom. The third kappa shape index (κ3) is 6.55. The third-order valence-corrected chi connectivity index (χ3v) is 6.99. The molecule has 11 heteroatoms. The fraction of sp³-hybridized carbons (Fsp3) is 0.348. The number of carbonyl (C=O) groups is 3. The molecule has 0 aliphatic rings. The lowest BCUT2D eigenvalue weighted by Gasteiger charge is -2.18. The molecular formula is C23H28N2O8S. The van der Waals surface area contributed by atoms with Crippen LogP contribution in [0.15, 0.2) is 47.4 Å². The minimum absolute atomic E-state index is 0.0702. The van der Waals surface area contributed by atoms with Crippen LogP contribution in [0.1, 0.15) is 34.6 Å². The molecule has 1 N–H and O–H groups in total. The first-order valence-electron chi connectivity index (χ1n) is 10.5. The normalized spacial score (nSPS) is 11.1. The van der Waals surface area contributed by atoms with E-state index in [2.05, 4.69) is 5.32 Å². The molecule has 0 heterocycles. The highest BCUT2D eigenvalue weighted by molar-refractivity contribution is 7.89. The van der Waals surface area contributed by atoms with Gasteiger partial charge in [0.2, 0.25) is 10.0 Å². The number of esters is 1. The number of amides is 1. The van der Waals surface area contributed by atoms with Crippen LogP contribution >= 0.6 is 0 Å². The number of Topliss-reactive ketones (excluding diaryl/α,β-unsaturated/α-hetero) is 1. The molecule has 0 spiro atoms. The Hall–Kier alpha value is -3.44. The van der Waals surface area contributed by atoms with E-state index in [0.29, 0.717) is 24.6 Å². The predicted octanol–water partition coefficient (Wildman–Crippen LogP) is 1.89. The van der Waals surface area contributed by atoms with Crippen LogP contribution in [0.4, 0.5) is 0 Å². The molecule has 0 radical (unpaired) electrons. The van der Waals surface area contributed by atoms with E-state index in [4.69, 9.17) is 14.2 Å². The summed E-state index contributed by atoms with van der Waals surface area (Å²) in [4.78, 5) is 36.6. The smallest absolute Gasteiger partial charge is 0.325 e.